The molecular weight excluding hydrogens is 232 g/mol. The third kappa shape index (κ3) is 2.05. The van der Waals surface area contributed by atoms with Crippen LogP contribution in [-0.2, 0) is 28.0 Å². The molecule has 0 bridgehead atoms. The number of carbonyl (C=O) groups excluding carboxylic acids is 1. The van der Waals surface area contributed by atoms with E-state index >= 15 is 0 Å². The molecule has 2 rings (SSSR count). The maximum Gasteiger partial charge on any atom is 0.308 e. The van der Waals surface area contributed by atoms with E-state index < -0.39 is 17.4 Å². The molecule has 1 atom stereocenters. The molecule has 0 fully saturated rings. The highest BCUT2D eigenvalue weighted by molar-refractivity contribution is 5.82. The predicted octanol–water partition coefficient (Wildman–Crippen LogP) is 1.40. The van der Waals surface area contributed by atoms with Crippen molar-refractivity contribution in [2.24, 2.45) is 5.92 Å². The first-order valence-electron chi connectivity index (χ1n) is 6.14. The van der Waals surface area contributed by atoms with E-state index in [0.717, 1.165) is 11.3 Å². The van der Waals surface area contributed by atoms with Crippen molar-refractivity contribution in [3.63, 3.8) is 0 Å². The molecule has 0 saturated heterocycles. The number of aryl methyl sites for hydroxylation is 1. The van der Waals surface area contributed by atoms with Crippen LogP contribution in [0.2, 0.25) is 0 Å². The lowest BCUT2D eigenvalue weighted by Gasteiger charge is -2.29. The molecular formula is C13H18N2O3. The Balaban J connectivity index is 2.34. The minimum atomic E-state index is -0.843. The lowest BCUT2D eigenvalue weighted by Crippen LogP contribution is -2.38. The number of fused-ring (bicyclic) bond motifs is 1. The number of carboxylic acid groups (broad SMARTS) is 1. The van der Waals surface area contributed by atoms with Gasteiger partial charge < -0.3 is 5.11 Å². The zero-order chi connectivity index (χ0) is 13.5. The minimum Gasteiger partial charge on any atom is -0.481 e. The van der Waals surface area contributed by atoms with Crippen LogP contribution in [0.1, 0.15) is 38.4 Å². The third-order valence-electron chi connectivity index (χ3n) is 3.93. The van der Waals surface area contributed by atoms with Crippen LogP contribution in [0.15, 0.2) is 6.20 Å². The standard InChI is InChI=1S/C13H18N2O3/c1-8(12(17)18)13(2,3)15-7-9-6-10(16)4-5-11(9)14-15/h7-8H,4-6H2,1-3H3,(H,17,18). The zero-order valence-electron chi connectivity index (χ0n) is 10.9. The summed E-state index contributed by atoms with van der Waals surface area (Å²) in [4.78, 5) is 22.5. The van der Waals surface area contributed by atoms with E-state index in [1.54, 1.807) is 11.6 Å². The first kappa shape index (κ1) is 12.8. The molecule has 1 unspecified atom stereocenters. The summed E-state index contributed by atoms with van der Waals surface area (Å²) in [6.07, 6.45) is 3.45. The van der Waals surface area contributed by atoms with E-state index in [1.165, 1.54) is 0 Å². The monoisotopic (exact) mass is 250 g/mol. The van der Waals surface area contributed by atoms with Gasteiger partial charge >= 0.3 is 5.97 Å². The first-order chi connectivity index (χ1) is 8.32. The molecule has 0 radical (unpaired) electrons. The van der Waals surface area contributed by atoms with Crippen molar-refractivity contribution in [1.82, 2.24) is 9.78 Å². The van der Waals surface area contributed by atoms with Gasteiger partial charge in [0, 0.05) is 24.6 Å². The molecule has 0 spiro atoms. The van der Waals surface area contributed by atoms with Gasteiger partial charge in [-0.25, -0.2) is 0 Å². The van der Waals surface area contributed by atoms with Gasteiger partial charge in [0.15, 0.2) is 0 Å². The largest absolute Gasteiger partial charge is 0.481 e. The molecule has 0 saturated carbocycles. The second-order valence-electron chi connectivity index (χ2n) is 5.47. The number of rotatable bonds is 3. The first-order valence-corrected chi connectivity index (χ1v) is 6.14. The lowest BCUT2D eigenvalue weighted by atomic mass is 9.89. The Morgan fingerprint density at radius 3 is 2.78 bits per heavy atom. The Hall–Kier alpha value is -1.65. The topological polar surface area (TPSA) is 72.2 Å². The van der Waals surface area contributed by atoms with Crippen molar-refractivity contribution < 1.29 is 14.7 Å². The van der Waals surface area contributed by atoms with E-state index in [4.69, 9.17) is 5.11 Å². The number of aromatic nitrogens is 2. The maximum absolute atomic E-state index is 11.4. The van der Waals surface area contributed by atoms with Crippen LogP contribution >= 0.6 is 0 Å². The average molecular weight is 250 g/mol. The van der Waals surface area contributed by atoms with Crippen molar-refractivity contribution in [1.29, 1.82) is 0 Å². The van der Waals surface area contributed by atoms with Crippen LogP contribution in [0.3, 0.4) is 0 Å². The number of carboxylic acids is 1. The van der Waals surface area contributed by atoms with Crippen LogP contribution in [-0.4, -0.2) is 26.6 Å². The van der Waals surface area contributed by atoms with Crippen molar-refractivity contribution in [3.8, 4) is 0 Å². The number of hydrogen-bond acceptors (Lipinski definition) is 3. The fourth-order valence-corrected chi connectivity index (χ4v) is 2.16. The van der Waals surface area contributed by atoms with Crippen LogP contribution < -0.4 is 0 Å². The summed E-state index contributed by atoms with van der Waals surface area (Å²) in [5.41, 5.74) is 1.27. The van der Waals surface area contributed by atoms with Crippen molar-refractivity contribution in [2.75, 3.05) is 0 Å². The number of carbonyl (C=O) groups is 2. The Morgan fingerprint density at radius 2 is 2.17 bits per heavy atom. The molecule has 1 N–H and O–H groups in total. The molecule has 1 aliphatic carbocycles. The summed E-state index contributed by atoms with van der Waals surface area (Å²) in [5, 5.41) is 13.6. The van der Waals surface area contributed by atoms with Gasteiger partial charge in [-0.15, -0.1) is 0 Å². The average Bonchev–Trinajstić information content (AvgIpc) is 2.71. The van der Waals surface area contributed by atoms with Crippen molar-refractivity contribution in [3.05, 3.63) is 17.5 Å². The van der Waals surface area contributed by atoms with Crippen LogP contribution in [0.25, 0.3) is 0 Å². The minimum absolute atomic E-state index is 0.228. The second-order valence-corrected chi connectivity index (χ2v) is 5.47. The molecule has 1 heterocycles. The van der Waals surface area contributed by atoms with E-state index in [-0.39, 0.29) is 5.78 Å². The number of hydrogen-bond donors (Lipinski definition) is 1. The SMILES string of the molecule is CC(C(=O)O)C(C)(C)n1cc2c(n1)CCC(=O)C2. The number of ketones is 1. The zero-order valence-corrected chi connectivity index (χ0v) is 10.9. The van der Waals surface area contributed by atoms with Crippen LogP contribution in [0.5, 0.6) is 0 Å². The van der Waals surface area contributed by atoms with E-state index in [2.05, 4.69) is 5.10 Å². The Morgan fingerprint density at radius 1 is 1.50 bits per heavy atom. The maximum atomic E-state index is 11.4. The molecule has 5 heteroatoms. The van der Waals surface area contributed by atoms with Gasteiger partial charge in [-0.05, 0) is 27.2 Å². The molecule has 0 aliphatic heterocycles. The fourth-order valence-electron chi connectivity index (χ4n) is 2.16. The van der Waals surface area contributed by atoms with Crippen LogP contribution in [0, 0.1) is 5.92 Å². The highest BCUT2D eigenvalue weighted by Gasteiger charge is 2.35. The smallest absolute Gasteiger partial charge is 0.308 e. The quantitative estimate of drug-likeness (QED) is 0.880. The molecule has 1 aromatic heterocycles. The summed E-state index contributed by atoms with van der Waals surface area (Å²) in [7, 11) is 0. The molecule has 18 heavy (non-hydrogen) atoms. The highest BCUT2D eigenvalue weighted by atomic mass is 16.4. The molecule has 1 aliphatic rings. The van der Waals surface area contributed by atoms with Crippen LogP contribution in [0.4, 0.5) is 0 Å². The number of aliphatic carboxylic acids is 1. The molecule has 1 aromatic rings. The normalized spacial score (nSPS) is 17.4. The van der Waals surface area contributed by atoms with Gasteiger partial charge in [0.05, 0.1) is 17.2 Å². The summed E-state index contributed by atoms with van der Waals surface area (Å²) in [6.45, 7) is 5.38. The Kier molecular flexibility index (Phi) is 3.00. The highest BCUT2D eigenvalue weighted by Crippen LogP contribution is 2.28. The van der Waals surface area contributed by atoms with Gasteiger partial charge in [-0.1, -0.05) is 0 Å². The summed E-state index contributed by atoms with van der Waals surface area (Å²) in [5.74, 6) is -1.16. The van der Waals surface area contributed by atoms with Gasteiger partial charge in [0.25, 0.3) is 0 Å². The van der Waals surface area contributed by atoms with Gasteiger partial charge in [0.1, 0.15) is 5.78 Å². The number of Topliss-reactive ketones (excluding diaryl/α,β-unsaturated/α-hetero) is 1. The summed E-state index contributed by atoms with van der Waals surface area (Å²) >= 11 is 0. The second kappa shape index (κ2) is 4.23. The summed E-state index contributed by atoms with van der Waals surface area (Å²) in [6, 6.07) is 0. The fraction of sp³-hybridized carbons (Fsp3) is 0.615. The van der Waals surface area contributed by atoms with E-state index in [1.807, 2.05) is 20.0 Å². The van der Waals surface area contributed by atoms with Gasteiger partial charge in [-0.2, -0.15) is 5.10 Å². The van der Waals surface area contributed by atoms with Gasteiger partial charge in [-0.3, -0.25) is 14.3 Å². The van der Waals surface area contributed by atoms with Crippen molar-refractivity contribution in [2.45, 2.75) is 45.6 Å². The molecule has 98 valence electrons. The van der Waals surface area contributed by atoms with Gasteiger partial charge in [0.2, 0.25) is 0 Å². The molecule has 0 aromatic carbocycles. The predicted molar refractivity (Wildman–Crippen MR) is 65.4 cm³/mol. The Labute approximate surface area is 106 Å². The van der Waals surface area contributed by atoms with Crippen molar-refractivity contribution >= 4 is 11.8 Å². The number of nitrogens with zero attached hydrogens (tertiary/aromatic N) is 2. The van der Waals surface area contributed by atoms with E-state index in [9.17, 15) is 9.59 Å². The lowest BCUT2D eigenvalue weighted by molar-refractivity contribution is -0.144. The summed E-state index contributed by atoms with van der Waals surface area (Å²) < 4.78 is 1.70. The molecule has 0 amide bonds. The van der Waals surface area contributed by atoms with E-state index in [0.29, 0.717) is 19.3 Å². The molecule has 5 nitrogen and oxygen atoms in total. The Bertz CT molecular complexity index is 502. The third-order valence-corrected chi connectivity index (χ3v) is 3.93.